The van der Waals surface area contributed by atoms with Crippen LogP contribution in [0.3, 0.4) is 0 Å². The lowest BCUT2D eigenvalue weighted by Gasteiger charge is -2.17. The molecule has 140 valence electrons. The van der Waals surface area contributed by atoms with Gasteiger partial charge >= 0.3 is 5.69 Å². The third-order valence-corrected chi connectivity index (χ3v) is 4.76. The molecule has 0 bridgehead atoms. The van der Waals surface area contributed by atoms with Crippen molar-refractivity contribution in [1.29, 1.82) is 0 Å². The summed E-state index contributed by atoms with van der Waals surface area (Å²) in [5.74, 6) is -0.376. The summed E-state index contributed by atoms with van der Waals surface area (Å²) in [4.78, 5) is 38.2. The third kappa shape index (κ3) is 3.80. The highest BCUT2D eigenvalue weighted by Crippen LogP contribution is 2.15. The van der Waals surface area contributed by atoms with Gasteiger partial charge in [0.05, 0.1) is 10.9 Å². The number of carbonyl (C=O) groups excluding carboxylic acids is 1. The van der Waals surface area contributed by atoms with Gasteiger partial charge in [0, 0.05) is 16.8 Å². The average Bonchev–Trinajstić information content (AvgIpc) is 2.65. The highest BCUT2D eigenvalue weighted by molar-refractivity contribution is 6.30. The van der Waals surface area contributed by atoms with Crippen molar-refractivity contribution in [3.8, 4) is 0 Å². The lowest BCUT2D eigenvalue weighted by atomic mass is 10.2. The number of halogens is 1. The van der Waals surface area contributed by atoms with Gasteiger partial charge in [-0.15, -0.1) is 0 Å². The van der Waals surface area contributed by atoms with Crippen molar-refractivity contribution >= 4 is 34.1 Å². The van der Waals surface area contributed by atoms with Crippen LogP contribution >= 0.6 is 11.6 Å². The van der Waals surface area contributed by atoms with E-state index in [1.54, 1.807) is 48.5 Å². The van der Waals surface area contributed by atoms with E-state index < -0.39 is 5.69 Å². The minimum Gasteiger partial charge on any atom is -0.324 e. The van der Waals surface area contributed by atoms with Crippen molar-refractivity contribution in [1.82, 2.24) is 9.13 Å². The summed E-state index contributed by atoms with van der Waals surface area (Å²) in [5.41, 5.74) is 0.152. The molecular weight excluding hydrogens is 366 g/mol. The van der Waals surface area contributed by atoms with Gasteiger partial charge in [0.2, 0.25) is 5.91 Å². The zero-order chi connectivity index (χ0) is 19.6. The molecule has 1 N–H and O–H groups in total. The molecule has 0 aliphatic heterocycles. The van der Waals surface area contributed by atoms with Crippen LogP contribution in [-0.2, 0) is 11.3 Å². The minimum atomic E-state index is -0.491. The molecule has 0 saturated heterocycles. The summed E-state index contributed by atoms with van der Waals surface area (Å²) in [6, 6.07) is 13.3. The predicted octanol–water partition coefficient (Wildman–Crippen LogP) is 3.43. The van der Waals surface area contributed by atoms with E-state index in [-0.39, 0.29) is 24.1 Å². The number of nitrogens with zero attached hydrogens (tertiary/aromatic N) is 2. The first-order chi connectivity index (χ1) is 12.9. The van der Waals surface area contributed by atoms with Gasteiger partial charge in [-0.25, -0.2) is 4.79 Å². The summed E-state index contributed by atoms with van der Waals surface area (Å²) >= 11 is 5.94. The van der Waals surface area contributed by atoms with Crippen LogP contribution in [0, 0.1) is 0 Å². The Bertz CT molecular complexity index is 1120. The highest BCUT2D eigenvalue weighted by Gasteiger charge is 2.18. The van der Waals surface area contributed by atoms with Crippen LogP contribution in [-0.4, -0.2) is 15.0 Å². The lowest BCUT2D eigenvalue weighted by Crippen LogP contribution is -2.43. The molecule has 27 heavy (non-hydrogen) atoms. The number of fused-ring (bicyclic) bond motifs is 1. The van der Waals surface area contributed by atoms with E-state index >= 15 is 0 Å². The Morgan fingerprint density at radius 1 is 1.15 bits per heavy atom. The van der Waals surface area contributed by atoms with Crippen molar-refractivity contribution in [3.63, 3.8) is 0 Å². The molecule has 1 heterocycles. The van der Waals surface area contributed by atoms with Gasteiger partial charge in [-0.3, -0.25) is 18.7 Å². The number of hydrogen-bond donors (Lipinski definition) is 1. The molecule has 0 aliphatic rings. The quantitative estimate of drug-likeness (QED) is 0.731. The van der Waals surface area contributed by atoms with Crippen molar-refractivity contribution in [2.45, 2.75) is 32.9 Å². The molecule has 0 fully saturated rings. The van der Waals surface area contributed by atoms with Crippen LogP contribution in [0.25, 0.3) is 10.9 Å². The largest absolute Gasteiger partial charge is 0.332 e. The standard InChI is InChI=1S/C20H20ClN3O3/c1-3-13(2)24-19(26)16-9-4-5-10-17(16)23(20(24)27)12-18(25)22-15-8-6-7-14(21)11-15/h4-11,13H,3,12H2,1-2H3,(H,22,25). The molecule has 2 aromatic carbocycles. The van der Waals surface area contributed by atoms with Gasteiger partial charge in [-0.05, 0) is 43.7 Å². The number of carbonyl (C=O) groups is 1. The lowest BCUT2D eigenvalue weighted by molar-refractivity contribution is -0.116. The fourth-order valence-corrected chi connectivity index (χ4v) is 3.16. The number of nitrogens with one attached hydrogen (secondary N) is 1. The molecular formula is C20H20ClN3O3. The van der Waals surface area contributed by atoms with Gasteiger partial charge in [0.25, 0.3) is 5.56 Å². The van der Waals surface area contributed by atoms with Crippen LogP contribution in [0.1, 0.15) is 26.3 Å². The highest BCUT2D eigenvalue weighted by atomic mass is 35.5. The van der Waals surface area contributed by atoms with Crippen LogP contribution in [0.2, 0.25) is 5.02 Å². The van der Waals surface area contributed by atoms with E-state index in [2.05, 4.69) is 5.32 Å². The summed E-state index contributed by atoms with van der Waals surface area (Å²) < 4.78 is 2.55. The van der Waals surface area contributed by atoms with Crippen molar-refractivity contribution in [2.75, 3.05) is 5.32 Å². The maximum absolute atomic E-state index is 13.0. The van der Waals surface area contributed by atoms with Gasteiger partial charge < -0.3 is 5.32 Å². The van der Waals surface area contributed by atoms with E-state index in [0.717, 1.165) is 0 Å². The number of anilines is 1. The normalized spacial score (nSPS) is 12.1. The number of aromatic nitrogens is 2. The zero-order valence-electron chi connectivity index (χ0n) is 15.1. The van der Waals surface area contributed by atoms with Crippen molar-refractivity contribution in [3.05, 3.63) is 74.4 Å². The second-order valence-electron chi connectivity index (χ2n) is 6.38. The number of rotatable bonds is 5. The third-order valence-electron chi connectivity index (χ3n) is 4.52. The van der Waals surface area contributed by atoms with Gasteiger partial charge in [0.1, 0.15) is 6.54 Å². The van der Waals surface area contributed by atoms with Gasteiger partial charge in [-0.2, -0.15) is 0 Å². The molecule has 7 heteroatoms. The molecule has 3 aromatic rings. The Morgan fingerprint density at radius 3 is 2.59 bits per heavy atom. The monoisotopic (exact) mass is 385 g/mol. The molecule has 6 nitrogen and oxygen atoms in total. The fraction of sp³-hybridized carbons (Fsp3) is 0.250. The van der Waals surface area contributed by atoms with Gasteiger partial charge in [0.15, 0.2) is 0 Å². The van der Waals surface area contributed by atoms with Crippen molar-refractivity contribution < 1.29 is 4.79 Å². The molecule has 1 amide bonds. The predicted molar refractivity (Wildman–Crippen MR) is 108 cm³/mol. The van der Waals surface area contributed by atoms with Crippen LogP contribution in [0.15, 0.2) is 58.1 Å². The van der Waals surface area contributed by atoms with E-state index in [9.17, 15) is 14.4 Å². The maximum atomic E-state index is 13.0. The Morgan fingerprint density at radius 2 is 1.89 bits per heavy atom. The first kappa shape index (κ1) is 18.9. The molecule has 0 aliphatic carbocycles. The molecule has 0 saturated carbocycles. The summed E-state index contributed by atoms with van der Waals surface area (Å²) in [5, 5.41) is 3.64. The summed E-state index contributed by atoms with van der Waals surface area (Å²) in [6.45, 7) is 3.51. The molecule has 1 unspecified atom stereocenters. The SMILES string of the molecule is CCC(C)n1c(=O)c2ccccc2n(CC(=O)Nc2cccc(Cl)c2)c1=O. The molecule has 1 aromatic heterocycles. The second kappa shape index (κ2) is 7.80. The Balaban J connectivity index is 2.06. The van der Waals surface area contributed by atoms with E-state index in [0.29, 0.717) is 28.0 Å². The minimum absolute atomic E-state index is 0.206. The van der Waals surface area contributed by atoms with Crippen LogP contribution < -0.4 is 16.6 Å². The molecule has 1 atom stereocenters. The first-order valence-corrected chi connectivity index (χ1v) is 9.09. The van der Waals surface area contributed by atoms with Gasteiger partial charge in [-0.1, -0.05) is 36.7 Å². The average molecular weight is 386 g/mol. The van der Waals surface area contributed by atoms with E-state index in [1.807, 2.05) is 13.8 Å². The Labute approximate surface area is 161 Å². The molecule has 3 rings (SSSR count). The summed E-state index contributed by atoms with van der Waals surface area (Å²) in [6.07, 6.45) is 0.627. The fourth-order valence-electron chi connectivity index (χ4n) is 2.97. The molecule has 0 spiro atoms. The smallest absolute Gasteiger partial charge is 0.324 e. The maximum Gasteiger partial charge on any atom is 0.332 e. The number of para-hydroxylation sites is 1. The number of hydrogen-bond acceptors (Lipinski definition) is 3. The Hall–Kier alpha value is -2.86. The van der Waals surface area contributed by atoms with E-state index in [4.69, 9.17) is 11.6 Å². The number of benzene rings is 2. The second-order valence-corrected chi connectivity index (χ2v) is 6.81. The zero-order valence-corrected chi connectivity index (χ0v) is 15.9. The molecule has 0 radical (unpaired) electrons. The van der Waals surface area contributed by atoms with Crippen LogP contribution in [0.4, 0.5) is 5.69 Å². The Kier molecular flexibility index (Phi) is 5.46. The van der Waals surface area contributed by atoms with E-state index in [1.165, 1.54) is 9.13 Å². The van der Waals surface area contributed by atoms with Crippen LogP contribution in [0.5, 0.6) is 0 Å². The number of amides is 1. The first-order valence-electron chi connectivity index (χ1n) is 8.72. The topological polar surface area (TPSA) is 73.1 Å². The van der Waals surface area contributed by atoms with Crippen molar-refractivity contribution in [2.24, 2.45) is 0 Å². The summed E-state index contributed by atoms with van der Waals surface area (Å²) in [7, 11) is 0.